The minimum Gasteiger partial charge on any atom is -0.456 e. The molecule has 0 aliphatic carbocycles. The number of hydrogen-bond donors (Lipinski definition) is 0. The number of para-hydroxylation sites is 1. The SMILES string of the molecule is C=CC=Cc1cc(Cc2ccc3c(c2)oc2ccccc23)ccc1C. The molecule has 0 amide bonds. The van der Waals surface area contributed by atoms with E-state index < -0.39 is 0 Å². The fraction of sp³-hybridized carbons (Fsp3) is 0.0833. The van der Waals surface area contributed by atoms with Crippen LogP contribution >= 0.6 is 0 Å². The molecule has 25 heavy (non-hydrogen) atoms. The summed E-state index contributed by atoms with van der Waals surface area (Å²) in [6, 6.07) is 21.3. The summed E-state index contributed by atoms with van der Waals surface area (Å²) in [6.07, 6.45) is 6.78. The van der Waals surface area contributed by atoms with Crippen LogP contribution in [0.5, 0.6) is 0 Å². The van der Waals surface area contributed by atoms with Gasteiger partial charge in [-0.05, 0) is 47.7 Å². The van der Waals surface area contributed by atoms with Gasteiger partial charge in [0.1, 0.15) is 11.2 Å². The van der Waals surface area contributed by atoms with Gasteiger partial charge in [0.25, 0.3) is 0 Å². The smallest absolute Gasteiger partial charge is 0.135 e. The summed E-state index contributed by atoms with van der Waals surface area (Å²) in [5, 5.41) is 2.36. The van der Waals surface area contributed by atoms with Gasteiger partial charge in [-0.3, -0.25) is 0 Å². The van der Waals surface area contributed by atoms with Crippen molar-refractivity contribution >= 4 is 28.0 Å². The minimum atomic E-state index is 0.891. The third-order valence-corrected chi connectivity index (χ3v) is 4.61. The lowest BCUT2D eigenvalue weighted by molar-refractivity contribution is 0.668. The molecule has 0 bridgehead atoms. The molecule has 4 aromatic rings. The van der Waals surface area contributed by atoms with E-state index in [0.29, 0.717) is 0 Å². The quantitative estimate of drug-likeness (QED) is 0.381. The molecule has 1 heteroatoms. The first-order valence-electron chi connectivity index (χ1n) is 8.53. The topological polar surface area (TPSA) is 13.1 Å². The van der Waals surface area contributed by atoms with Crippen LogP contribution in [-0.2, 0) is 6.42 Å². The average molecular weight is 324 g/mol. The molecular weight excluding hydrogens is 304 g/mol. The molecular formula is C24H20O. The van der Waals surface area contributed by atoms with Gasteiger partial charge in [0.2, 0.25) is 0 Å². The van der Waals surface area contributed by atoms with Crippen molar-refractivity contribution in [2.75, 3.05) is 0 Å². The van der Waals surface area contributed by atoms with Crippen LogP contribution in [0.15, 0.2) is 83.8 Å². The van der Waals surface area contributed by atoms with Crippen LogP contribution in [-0.4, -0.2) is 0 Å². The molecule has 0 spiro atoms. The molecule has 0 atom stereocenters. The van der Waals surface area contributed by atoms with Gasteiger partial charge in [0, 0.05) is 10.8 Å². The first kappa shape index (κ1) is 15.5. The van der Waals surface area contributed by atoms with Gasteiger partial charge in [-0.15, -0.1) is 0 Å². The predicted octanol–water partition coefficient (Wildman–Crippen LogP) is 6.68. The maximum Gasteiger partial charge on any atom is 0.135 e. The zero-order chi connectivity index (χ0) is 17.2. The van der Waals surface area contributed by atoms with Crippen molar-refractivity contribution in [1.29, 1.82) is 0 Å². The van der Waals surface area contributed by atoms with Crippen molar-refractivity contribution in [2.45, 2.75) is 13.3 Å². The first-order valence-corrected chi connectivity index (χ1v) is 8.53. The maximum atomic E-state index is 6.00. The van der Waals surface area contributed by atoms with Crippen LogP contribution in [0.3, 0.4) is 0 Å². The molecule has 0 N–H and O–H groups in total. The fourth-order valence-corrected chi connectivity index (χ4v) is 3.27. The van der Waals surface area contributed by atoms with E-state index in [1.165, 1.54) is 33.0 Å². The Kier molecular flexibility index (Phi) is 3.99. The molecule has 0 radical (unpaired) electrons. The van der Waals surface area contributed by atoms with E-state index >= 15 is 0 Å². The maximum absolute atomic E-state index is 6.00. The number of aryl methyl sites for hydroxylation is 1. The van der Waals surface area contributed by atoms with Crippen molar-refractivity contribution in [1.82, 2.24) is 0 Å². The third-order valence-electron chi connectivity index (χ3n) is 4.61. The second-order valence-electron chi connectivity index (χ2n) is 6.39. The number of furan rings is 1. The number of fused-ring (bicyclic) bond motifs is 3. The summed E-state index contributed by atoms with van der Waals surface area (Å²) in [6.45, 7) is 5.88. The lowest BCUT2D eigenvalue weighted by Gasteiger charge is -2.06. The number of rotatable bonds is 4. The van der Waals surface area contributed by atoms with E-state index in [1.807, 2.05) is 24.3 Å². The highest BCUT2D eigenvalue weighted by molar-refractivity contribution is 6.04. The third kappa shape index (κ3) is 3.01. The summed E-state index contributed by atoms with van der Waals surface area (Å²) >= 11 is 0. The lowest BCUT2D eigenvalue weighted by atomic mass is 9.99. The van der Waals surface area contributed by atoms with Gasteiger partial charge < -0.3 is 4.42 Å². The van der Waals surface area contributed by atoms with E-state index in [2.05, 4.69) is 68.1 Å². The second-order valence-corrected chi connectivity index (χ2v) is 6.39. The normalized spacial score (nSPS) is 11.6. The van der Waals surface area contributed by atoms with Gasteiger partial charge >= 0.3 is 0 Å². The van der Waals surface area contributed by atoms with Crippen LogP contribution in [0.2, 0.25) is 0 Å². The highest BCUT2D eigenvalue weighted by atomic mass is 16.3. The Morgan fingerprint density at radius 3 is 2.52 bits per heavy atom. The lowest BCUT2D eigenvalue weighted by Crippen LogP contribution is -1.90. The van der Waals surface area contributed by atoms with E-state index in [0.717, 1.165) is 17.6 Å². The Hall–Kier alpha value is -3.06. The molecule has 0 fully saturated rings. The Labute approximate surface area is 147 Å². The Balaban J connectivity index is 1.69. The standard InChI is InChI=1S/C24H20O/c1-3-4-7-20-15-18(11-10-17(20)2)14-19-12-13-22-21-8-5-6-9-23(21)25-24(22)16-19/h3-13,15-16H,1,14H2,2H3. The Bertz CT molecular complexity index is 1100. The summed E-state index contributed by atoms with van der Waals surface area (Å²) in [5.41, 5.74) is 6.97. The minimum absolute atomic E-state index is 0.891. The van der Waals surface area contributed by atoms with Gasteiger partial charge in [-0.1, -0.05) is 73.3 Å². The number of hydrogen-bond acceptors (Lipinski definition) is 1. The monoisotopic (exact) mass is 324 g/mol. The van der Waals surface area contributed by atoms with Crippen molar-refractivity contribution < 1.29 is 4.42 Å². The molecule has 0 aliphatic rings. The van der Waals surface area contributed by atoms with Crippen LogP contribution in [0.1, 0.15) is 22.3 Å². The van der Waals surface area contributed by atoms with Gasteiger partial charge in [0.15, 0.2) is 0 Å². The molecule has 3 aromatic carbocycles. The molecule has 0 saturated heterocycles. The fourth-order valence-electron chi connectivity index (χ4n) is 3.27. The van der Waals surface area contributed by atoms with Crippen LogP contribution < -0.4 is 0 Å². The van der Waals surface area contributed by atoms with Crippen LogP contribution in [0.25, 0.3) is 28.0 Å². The van der Waals surface area contributed by atoms with E-state index in [-0.39, 0.29) is 0 Å². The van der Waals surface area contributed by atoms with E-state index in [1.54, 1.807) is 0 Å². The van der Waals surface area contributed by atoms with Crippen molar-refractivity contribution in [3.63, 3.8) is 0 Å². The molecule has 1 aromatic heterocycles. The first-order chi connectivity index (χ1) is 12.2. The molecule has 4 rings (SSSR count). The largest absolute Gasteiger partial charge is 0.456 e. The predicted molar refractivity (Wildman–Crippen MR) is 107 cm³/mol. The van der Waals surface area contributed by atoms with Crippen molar-refractivity contribution in [2.24, 2.45) is 0 Å². The summed E-state index contributed by atoms with van der Waals surface area (Å²) in [5.74, 6) is 0. The average Bonchev–Trinajstić information content (AvgIpc) is 3.00. The van der Waals surface area contributed by atoms with Crippen molar-refractivity contribution in [3.05, 3.63) is 102 Å². The molecule has 0 unspecified atom stereocenters. The molecule has 0 aliphatic heterocycles. The van der Waals surface area contributed by atoms with E-state index in [9.17, 15) is 0 Å². The molecule has 1 nitrogen and oxygen atoms in total. The Morgan fingerprint density at radius 2 is 1.64 bits per heavy atom. The summed E-state index contributed by atoms with van der Waals surface area (Å²) in [4.78, 5) is 0. The molecule has 1 heterocycles. The number of benzene rings is 3. The molecule has 122 valence electrons. The van der Waals surface area contributed by atoms with Gasteiger partial charge in [-0.2, -0.15) is 0 Å². The number of allylic oxidation sites excluding steroid dienone is 2. The molecule has 0 saturated carbocycles. The van der Waals surface area contributed by atoms with Gasteiger partial charge in [0.05, 0.1) is 0 Å². The second kappa shape index (κ2) is 6.45. The van der Waals surface area contributed by atoms with E-state index in [4.69, 9.17) is 4.42 Å². The van der Waals surface area contributed by atoms with Crippen LogP contribution in [0.4, 0.5) is 0 Å². The van der Waals surface area contributed by atoms with Gasteiger partial charge in [-0.25, -0.2) is 0 Å². The highest BCUT2D eigenvalue weighted by Gasteiger charge is 2.07. The highest BCUT2D eigenvalue weighted by Crippen LogP contribution is 2.29. The van der Waals surface area contributed by atoms with Crippen LogP contribution in [0, 0.1) is 6.92 Å². The Morgan fingerprint density at radius 1 is 0.880 bits per heavy atom. The van der Waals surface area contributed by atoms with Crippen molar-refractivity contribution in [3.8, 4) is 0 Å². The summed E-state index contributed by atoms with van der Waals surface area (Å²) < 4.78 is 6.00. The zero-order valence-electron chi connectivity index (χ0n) is 14.3. The summed E-state index contributed by atoms with van der Waals surface area (Å²) in [7, 11) is 0. The zero-order valence-corrected chi connectivity index (χ0v) is 14.3.